The van der Waals surface area contributed by atoms with Crippen LogP contribution in [-0.4, -0.2) is 46.7 Å². The van der Waals surface area contributed by atoms with Gasteiger partial charge in [0.2, 0.25) is 17.2 Å². The lowest BCUT2D eigenvalue weighted by atomic mass is 10.1. The zero-order chi connectivity index (χ0) is 15.7. The molecule has 0 amide bonds. The molecule has 2 aromatic heterocycles. The van der Waals surface area contributed by atoms with Gasteiger partial charge in [0.25, 0.3) is 5.56 Å². The van der Waals surface area contributed by atoms with Gasteiger partial charge in [0.1, 0.15) is 5.65 Å². The average Bonchev–Trinajstić information content (AvgIpc) is 2.52. The highest BCUT2D eigenvalue weighted by Crippen LogP contribution is 2.16. The third-order valence-corrected chi connectivity index (χ3v) is 4.66. The number of nitrogens with one attached hydrogen (secondary N) is 1. The molecule has 3 rings (SSSR count). The third kappa shape index (κ3) is 3.01. The molecule has 1 unspecified atom stereocenters. The van der Waals surface area contributed by atoms with Crippen molar-refractivity contribution in [3.8, 4) is 0 Å². The maximum Gasteiger partial charge on any atom is 0.251 e. The minimum Gasteiger partial charge on any atom is -0.351 e. The topological polar surface area (TPSA) is 100 Å². The lowest BCUT2D eigenvalue weighted by Crippen LogP contribution is -2.40. The van der Waals surface area contributed by atoms with Gasteiger partial charge in [0.15, 0.2) is 0 Å². The summed E-state index contributed by atoms with van der Waals surface area (Å²) in [6.45, 7) is 1.10. The average molecular weight is 323 g/mol. The zero-order valence-corrected chi connectivity index (χ0v) is 12.9. The Morgan fingerprint density at radius 3 is 2.77 bits per heavy atom. The van der Waals surface area contributed by atoms with Gasteiger partial charge in [-0.15, -0.1) is 0 Å². The second kappa shape index (κ2) is 6.11. The predicted molar refractivity (Wildman–Crippen MR) is 83.8 cm³/mol. The van der Waals surface area contributed by atoms with E-state index in [1.54, 1.807) is 19.3 Å². The molecule has 1 fully saturated rings. The van der Waals surface area contributed by atoms with Crippen LogP contribution in [0.1, 0.15) is 12.8 Å². The summed E-state index contributed by atoms with van der Waals surface area (Å²) in [7, 11) is 1.68. The number of anilines is 1. The van der Waals surface area contributed by atoms with Gasteiger partial charge >= 0.3 is 0 Å². The highest BCUT2D eigenvalue weighted by molar-refractivity contribution is 7.76. The van der Waals surface area contributed by atoms with Crippen molar-refractivity contribution < 1.29 is 8.76 Å². The van der Waals surface area contributed by atoms with Crippen molar-refractivity contribution in [2.75, 3.05) is 18.4 Å². The first kappa shape index (κ1) is 15.1. The van der Waals surface area contributed by atoms with E-state index < -0.39 is 11.3 Å². The van der Waals surface area contributed by atoms with Crippen molar-refractivity contribution in [2.45, 2.75) is 18.9 Å². The Bertz CT molecular complexity index is 770. The molecule has 1 aliphatic heterocycles. The van der Waals surface area contributed by atoms with Crippen molar-refractivity contribution in [1.29, 1.82) is 0 Å². The maximum atomic E-state index is 11.7. The molecule has 1 saturated heterocycles. The van der Waals surface area contributed by atoms with Crippen LogP contribution in [0, 0.1) is 0 Å². The quantitative estimate of drug-likeness (QED) is 0.790. The Balaban J connectivity index is 1.76. The Hall–Kier alpha value is -1.84. The molecule has 0 bridgehead atoms. The van der Waals surface area contributed by atoms with Crippen LogP contribution in [0.5, 0.6) is 0 Å². The standard InChI is InChI=1S/C13H17N5O3S/c1-17-11(19)3-2-9-8-14-13(16-12(9)17)15-10-4-6-18(7-5-10)22(20)21/h2-3,8,10H,4-7H2,1H3,(H,20,21)(H,14,15,16). The van der Waals surface area contributed by atoms with Crippen LogP contribution in [0.25, 0.3) is 11.0 Å². The van der Waals surface area contributed by atoms with Crippen molar-refractivity contribution >= 4 is 28.2 Å². The molecule has 9 heteroatoms. The first-order valence-electron chi connectivity index (χ1n) is 7.00. The number of aryl methyl sites for hydroxylation is 1. The fourth-order valence-corrected chi connectivity index (χ4v) is 3.08. The van der Waals surface area contributed by atoms with Crippen molar-refractivity contribution in [1.82, 2.24) is 18.8 Å². The van der Waals surface area contributed by atoms with Crippen molar-refractivity contribution in [3.05, 3.63) is 28.7 Å². The van der Waals surface area contributed by atoms with Crippen LogP contribution in [0.15, 0.2) is 23.1 Å². The largest absolute Gasteiger partial charge is 0.351 e. The molecule has 8 nitrogen and oxygen atoms in total. The summed E-state index contributed by atoms with van der Waals surface area (Å²) in [5.74, 6) is 0.470. The fraction of sp³-hybridized carbons (Fsp3) is 0.462. The van der Waals surface area contributed by atoms with E-state index in [0.29, 0.717) is 24.7 Å². The van der Waals surface area contributed by atoms with E-state index in [1.807, 2.05) is 0 Å². The summed E-state index contributed by atoms with van der Waals surface area (Å²) >= 11 is -1.90. The SMILES string of the molecule is Cn1c(=O)ccc2cnc(NC3CCN(S(=O)O)CC3)nc21. The highest BCUT2D eigenvalue weighted by Gasteiger charge is 2.22. The van der Waals surface area contributed by atoms with E-state index in [1.165, 1.54) is 14.9 Å². The van der Waals surface area contributed by atoms with Gasteiger partial charge in [0, 0.05) is 43.8 Å². The van der Waals surface area contributed by atoms with Gasteiger partial charge in [-0.2, -0.15) is 4.98 Å². The van der Waals surface area contributed by atoms with Gasteiger partial charge in [-0.3, -0.25) is 13.9 Å². The van der Waals surface area contributed by atoms with Gasteiger partial charge in [-0.1, -0.05) is 0 Å². The third-order valence-electron chi connectivity index (χ3n) is 3.86. The molecule has 2 N–H and O–H groups in total. The number of hydrogen-bond donors (Lipinski definition) is 2. The number of nitrogens with zero attached hydrogens (tertiary/aromatic N) is 4. The molecule has 22 heavy (non-hydrogen) atoms. The van der Waals surface area contributed by atoms with Crippen LogP contribution in [0.4, 0.5) is 5.95 Å². The minimum absolute atomic E-state index is 0.115. The van der Waals surface area contributed by atoms with Gasteiger partial charge < -0.3 is 5.32 Å². The Labute approximate surface area is 129 Å². The number of pyridine rings is 1. The molecular formula is C13H17N5O3S. The Morgan fingerprint density at radius 2 is 2.09 bits per heavy atom. The molecule has 1 atom stereocenters. The Morgan fingerprint density at radius 1 is 1.36 bits per heavy atom. The van der Waals surface area contributed by atoms with Crippen molar-refractivity contribution in [2.24, 2.45) is 7.05 Å². The lowest BCUT2D eigenvalue weighted by molar-refractivity contribution is 0.322. The molecule has 3 heterocycles. The smallest absolute Gasteiger partial charge is 0.251 e. The number of aromatic nitrogens is 3. The molecular weight excluding hydrogens is 306 g/mol. The van der Waals surface area contributed by atoms with Gasteiger partial charge in [-0.05, 0) is 18.9 Å². The number of fused-ring (bicyclic) bond motifs is 1. The first-order chi connectivity index (χ1) is 10.5. The first-order valence-corrected chi connectivity index (χ1v) is 8.06. The number of rotatable bonds is 3. The summed E-state index contributed by atoms with van der Waals surface area (Å²) in [5.41, 5.74) is 0.467. The summed E-state index contributed by atoms with van der Waals surface area (Å²) < 4.78 is 23.0. The van der Waals surface area contributed by atoms with Crippen LogP contribution < -0.4 is 10.9 Å². The van der Waals surface area contributed by atoms with Crippen LogP contribution in [-0.2, 0) is 18.3 Å². The molecule has 118 valence electrons. The van der Waals surface area contributed by atoms with Gasteiger partial charge in [-0.25, -0.2) is 13.5 Å². The second-order valence-electron chi connectivity index (χ2n) is 5.28. The Kier molecular flexibility index (Phi) is 4.19. The lowest BCUT2D eigenvalue weighted by Gasteiger charge is -2.29. The predicted octanol–water partition coefficient (Wildman–Crippen LogP) is 0.341. The molecule has 0 spiro atoms. The molecule has 0 saturated carbocycles. The molecule has 1 aliphatic rings. The normalized spacial score (nSPS) is 18.5. The highest BCUT2D eigenvalue weighted by atomic mass is 32.2. The van der Waals surface area contributed by atoms with E-state index in [-0.39, 0.29) is 11.6 Å². The second-order valence-corrected chi connectivity index (χ2v) is 6.26. The number of hydrogen-bond acceptors (Lipinski definition) is 5. The van der Waals surface area contributed by atoms with E-state index in [0.717, 1.165) is 18.2 Å². The van der Waals surface area contributed by atoms with Crippen LogP contribution in [0.3, 0.4) is 0 Å². The van der Waals surface area contributed by atoms with Gasteiger partial charge in [0.05, 0.1) is 0 Å². The van der Waals surface area contributed by atoms with E-state index >= 15 is 0 Å². The maximum absolute atomic E-state index is 11.7. The summed E-state index contributed by atoms with van der Waals surface area (Å²) in [6, 6.07) is 3.35. The van der Waals surface area contributed by atoms with Crippen LogP contribution >= 0.6 is 0 Å². The molecule has 0 aliphatic carbocycles. The molecule has 0 radical (unpaired) electrons. The summed E-state index contributed by atoms with van der Waals surface area (Å²) in [6.07, 6.45) is 3.16. The van der Waals surface area contributed by atoms with E-state index in [9.17, 15) is 9.00 Å². The minimum atomic E-state index is -1.90. The fourth-order valence-electron chi connectivity index (χ4n) is 2.55. The summed E-state index contributed by atoms with van der Waals surface area (Å²) in [4.78, 5) is 20.3. The zero-order valence-electron chi connectivity index (χ0n) is 12.1. The molecule has 0 aromatic carbocycles. The van der Waals surface area contributed by atoms with E-state index in [4.69, 9.17) is 4.55 Å². The molecule has 2 aromatic rings. The van der Waals surface area contributed by atoms with Crippen LogP contribution in [0.2, 0.25) is 0 Å². The summed E-state index contributed by atoms with van der Waals surface area (Å²) in [5, 5.41) is 4.04. The van der Waals surface area contributed by atoms with Crippen molar-refractivity contribution in [3.63, 3.8) is 0 Å². The monoisotopic (exact) mass is 323 g/mol. The van der Waals surface area contributed by atoms with E-state index in [2.05, 4.69) is 15.3 Å². The number of piperidine rings is 1.